The zero-order valence-corrected chi connectivity index (χ0v) is 15.8. The molecule has 2 aromatic carbocycles. The Morgan fingerprint density at radius 1 is 1.15 bits per heavy atom. The van der Waals surface area contributed by atoms with E-state index in [1.165, 1.54) is 29.2 Å². The average Bonchev–Trinajstić information content (AvgIpc) is 3.13. The summed E-state index contributed by atoms with van der Waals surface area (Å²) in [6.07, 6.45) is 9.72. The number of fused-ring (bicyclic) bond motifs is 1. The molecule has 1 heterocycles. The van der Waals surface area contributed by atoms with Crippen LogP contribution in [0.25, 0.3) is 10.8 Å². The number of rotatable bonds is 5. The Bertz CT molecular complexity index is 848. The molecule has 1 aromatic heterocycles. The maximum Gasteiger partial charge on any atom is 0.0946 e. The minimum atomic E-state index is 0.310. The van der Waals surface area contributed by atoms with Gasteiger partial charge in [0.15, 0.2) is 0 Å². The van der Waals surface area contributed by atoms with Crippen molar-refractivity contribution in [3.8, 4) is 0 Å². The second kappa shape index (κ2) is 7.24. The standard InChI is InChI=1S/C23H28N2O/c1-23(2)11-10-22(20(14-23)15-25-13-12-24-17-25)26-16-19-8-5-7-18-6-3-4-9-21(18)19/h3-9,12-13,17,20,22H,10-11,14-16H2,1-2H3/t20-,22+/m0/s1. The molecule has 1 saturated carbocycles. The van der Waals surface area contributed by atoms with Crippen molar-refractivity contribution in [3.63, 3.8) is 0 Å². The molecule has 2 atom stereocenters. The molecule has 1 aliphatic carbocycles. The smallest absolute Gasteiger partial charge is 0.0946 e. The van der Waals surface area contributed by atoms with Crippen molar-refractivity contribution in [1.82, 2.24) is 9.55 Å². The summed E-state index contributed by atoms with van der Waals surface area (Å²) in [5, 5.41) is 2.59. The zero-order chi connectivity index (χ0) is 18.0. The van der Waals surface area contributed by atoms with Crippen LogP contribution in [0.3, 0.4) is 0 Å². The van der Waals surface area contributed by atoms with Gasteiger partial charge in [-0.2, -0.15) is 0 Å². The van der Waals surface area contributed by atoms with E-state index in [1.807, 2.05) is 12.5 Å². The predicted octanol–water partition coefficient (Wildman–Crippen LogP) is 5.45. The van der Waals surface area contributed by atoms with E-state index in [4.69, 9.17) is 4.74 Å². The van der Waals surface area contributed by atoms with Crippen LogP contribution < -0.4 is 0 Å². The minimum absolute atomic E-state index is 0.310. The molecule has 3 aromatic rings. The van der Waals surface area contributed by atoms with Crippen molar-refractivity contribution in [3.05, 3.63) is 66.7 Å². The van der Waals surface area contributed by atoms with Gasteiger partial charge in [-0.1, -0.05) is 56.3 Å². The lowest BCUT2D eigenvalue weighted by atomic mass is 9.70. The van der Waals surface area contributed by atoms with E-state index in [9.17, 15) is 0 Å². The summed E-state index contributed by atoms with van der Waals surface area (Å²) in [5.41, 5.74) is 1.68. The molecule has 0 unspecified atom stereocenters. The molecule has 4 rings (SSSR count). The van der Waals surface area contributed by atoms with Crippen LogP contribution in [-0.4, -0.2) is 15.7 Å². The SMILES string of the molecule is CC1(C)CC[C@@H](OCc2cccc3ccccc23)[C@H](Cn2ccnc2)C1. The van der Waals surface area contributed by atoms with E-state index in [1.54, 1.807) is 0 Å². The Balaban J connectivity index is 1.49. The lowest BCUT2D eigenvalue weighted by Gasteiger charge is -2.40. The summed E-state index contributed by atoms with van der Waals surface area (Å²) >= 11 is 0. The maximum absolute atomic E-state index is 6.50. The van der Waals surface area contributed by atoms with Gasteiger partial charge in [0, 0.05) is 24.9 Å². The van der Waals surface area contributed by atoms with Gasteiger partial charge in [-0.05, 0) is 41.0 Å². The van der Waals surface area contributed by atoms with Gasteiger partial charge in [-0.3, -0.25) is 0 Å². The summed E-state index contributed by atoms with van der Waals surface area (Å²) in [7, 11) is 0. The number of imidazole rings is 1. The van der Waals surface area contributed by atoms with Crippen molar-refractivity contribution in [1.29, 1.82) is 0 Å². The summed E-state index contributed by atoms with van der Waals surface area (Å²) in [5.74, 6) is 0.530. The van der Waals surface area contributed by atoms with E-state index in [2.05, 4.69) is 72.1 Å². The Morgan fingerprint density at radius 2 is 2.00 bits per heavy atom. The first-order valence-corrected chi connectivity index (χ1v) is 9.65. The van der Waals surface area contributed by atoms with Crippen LogP contribution in [0.1, 0.15) is 38.7 Å². The van der Waals surface area contributed by atoms with Gasteiger partial charge in [-0.25, -0.2) is 4.98 Å². The molecule has 0 spiro atoms. The first-order valence-electron chi connectivity index (χ1n) is 9.65. The molecular formula is C23H28N2O. The van der Waals surface area contributed by atoms with E-state index in [0.717, 1.165) is 13.0 Å². The van der Waals surface area contributed by atoms with Crippen molar-refractivity contribution in [2.45, 2.75) is 52.4 Å². The van der Waals surface area contributed by atoms with Crippen molar-refractivity contribution in [2.24, 2.45) is 11.3 Å². The Kier molecular flexibility index (Phi) is 4.82. The number of ether oxygens (including phenoxy) is 1. The van der Waals surface area contributed by atoms with Crippen molar-refractivity contribution < 1.29 is 4.74 Å². The van der Waals surface area contributed by atoms with Crippen LogP contribution in [-0.2, 0) is 17.9 Å². The topological polar surface area (TPSA) is 27.1 Å². The Labute approximate surface area is 156 Å². The number of nitrogens with zero attached hydrogens (tertiary/aromatic N) is 2. The number of hydrogen-bond donors (Lipinski definition) is 0. The average molecular weight is 348 g/mol. The third-order valence-electron chi connectivity index (χ3n) is 5.78. The molecule has 3 heteroatoms. The monoisotopic (exact) mass is 348 g/mol. The first-order chi connectivity index (χ1) is 12.6. The Hall–Kier alpha value is -2.13. The van der Waals surface area contributed by atoms with Gasteiger partial charge in [0.1, 0.15) is 0 Å². The zero-order valence-electron chi connectivity index (χ0n) is 15.8. The quantitative estimate of drug-likeness (QED) is 0.613. The van der Waals surface area contributed by atoms with Crippen LogP contribution in [0, 0.1) is 11.3 Å². The highest BCUT2D eigenvalue weighted by Gasteiger charge is 2.35. The highest BCUT2D eigenvalue weighted by molar-refractivity contribution is 5.85. The van der Waals surface area contributed by atoms with Crippen LogP contribution in [0.5, 0.6) is 0 Å². The van der Waals surface area contributed by atoms with Crippen molar-refractivity contribution >= 4 is 10.8 Å². The molecule has 0 aliphatic heterocycles. The van der Waals surface area contributed by atoms with E-state index in [-0.39, 0.29) is 0 Å². The van der Waals surface area contributed by atoms with Crippen LogP contribution in [0.2, 0.25) is 0 Å². The lowest BCUT2D eigenvalue weighted by molar-refractivity contribution is -0.0515. The molecule has 26 heavy (non-hydrogen) atoms. The fraction of sp³-hybridized carbons (Fsp3) is 0.435. The molecule has 1 aliphatic rings. The van der Waals surface area contributed by atoms with Gasteiger partial charge in [0.25, 0.3) is 0 Å². The van der Waals surface area contributed by atoms with Gasteiger partial charge in [0.2, 0.25) is 0 Å². The highest BCUT2D eigenvalue weighted by atomic mass is 16.5. The van der Waals surface area contributed by atoms with Crippen LogP contribution in [0.15, 0.2) is 61.2 Å². The molecule has 0 amide bonds. The fourth-order valence-electron chi connectivity index (χ4n) is 4.39. The molecule has 0 bridgehead atoms. The largest absolute Gasteiger partial charge is 0.373 e. The number of hydrogen-bond acceptors (Lipinski definition) is 2. The maximum atomic E-state index is 6.50. The van der Waals surface area contributed by atoms with Gasteiger partial charge >= 0.3 is 0 Å². The first kappa shape index (κ1) is 17.3. The molecule has 136 valence electrons. The highest BCUT2D eigenvalue weighted by Crippen LogP contribution is 2.41. The van der Waals surface area contributed by atoms with Crippen LogP contribution in [0.4, 0.5) is 0 Å². The minimum Gasteiger partial charge on any atom is -0.373 e. The summed E-state index contributed by atoms with van der Waals surface area (Å²) in [6, 6.07) is 15.1. The normalized spacial score (nSPS) is 22.5. The molecule has 0 saturated heterocycles. The molecule has 0 N–H and O–H groups in total. The van der Waals surface area contributed by atoms with E-state index >= 15 is 0 Å². The summed E-state index contributed by atoms with van der Waals surface area (Å²) < 4.78 is 8.69. The predicted molar refractivity (Wildman–Crippen MR) is 106 cm³/mol. The lowest BCUT2D eigenvalue weighted by Crippen LogP contribution is -2.37. The number of aromatic nitrogens is 2. The molecule has 0 radical (unpaired) electrons. The second-order valence-corrected chi connectivity index (χ2v) is 8.41. The third kappa shape index (κ3) is 3.83. The molecule has 3 nitrogen and oxygen atoms in total. The number of benzene rings is 2. The van der Waals surface area contributed by atoms with Gasteiger partial charge in [-0.15, -0.1) is 0 Å². The Morgan fingerprint density at radius 3 is 2.85 bits per heavy atom. The third-order valence-corrected chi connectivity index (χ3v) is 5.78. The second-order valence-electron chi connectivity index (χ2n) is 8.41. The molecular weight excluding hydrogens is 320 g/mol. The van der Waals surface area contributed by atoms with Crippen LogP contribution >= 0.6 is 0 Å². The summed E-state index contributed by atoms with van der Waals surface area (Å²) in [4.78, 5) is 4.20. The van der Waals surface area contributed by atoms with Gasteiger partial charge < -0.3 is 9.30 Å². The van der Waals surface area contributed by atoms with E-state index in [0.29, 0.717) is 24.0 Å². The van der Waals surface area contributed by atoms with E-state index < -0.39 is 0 Å². The summed E-state index contributed by atoms with van der Waals surface area (Å²) in [6.45, 7) is 6.44. The fourth-order valence-corrected chi connectivity index (χ4v) is 4.39. The van der Waals surface area contributed by atoms with Gasteiger partial charge in [0.05, 0.1) is 19.0 Å². The molecule has 1 fully saturated rings. The van der Waals surface area contributed by atoms with Crippen molar-refractivity contribution in [2.75, 3.05) is 0 Å².